The summed E-state index contributed by atoms with van der Waals surface area (Å²) < 4.78 is 38.2. The van der Waals surface area contributed by atoms with E-state index < -0.39 is 11.7 Å². The van der Waals surface area contributed by atoms with Gasteiger partial charge in [-0.1, -0.05) is 36.4 Å². The lowest BCUT2D eigenvalue weighted by atomic mass is 9.95. The standard InChI is InChI=1S/C15H14F3N/c1-10(19)13-7-2-3-8-14(13)11-5-4-6-12(9-11)15(16,17)18/h2-10H,19H2,1H3. The molecule has 2 rings (SSSR count). The van der Waals surface area contributed by atoms with Gasteiger partial charge in [0.1, 0.15) is 0 Å². The average molecular weight is 265 g/mol. The van der Waals surface area contributed by atoms with Gasteiger partial charge in [-0.2, -0.15) is 13.2 Å². The van der Waals surface area contributed by atoms with Gasteiger partial charge in [0.25, 0.3) is 0 Å². The molecule has 2 N–H and O–H groups in total. The van der Waals surface area contributed by atoms with E-state index >= 15 is 0 Å². The molecule has 0 aliphatic heterocycles. The second-order valence-corrected chi connectivity index (χ2v) is 4.45. The molecule has 0 radical (unpaired) electrons. The SMILES string of the molecule is CC(N)c1ccccc1-c1cccc(C(F)(F)F)c1. The van der Waals surface area contributed by atoms with Crippen molar-refractivity contribution in [1.82, 2.24) is 0 Å². The van der Waals surface area contributed by atoms with Gasteiger partial charge in [-0.25, -0.2) is 0 Å². The Hall–Kier alpha value is -1.81. The normalized spacial score (nSPS) is 13.3. The first-order valence-electron chi connectivity index (χ1n) is 5.92. The first kappa shape index (κ1) is 13.6. The molecule has 4 heteroatoms. The largest absolute Gasteiger partial charge is 0.416 e. The Morgan fingerprint density at radius 3 is 2.32 bits per heavy atom. The monoisotopic (exact) mass is 265 g/mol. The fraction of sp³-hybridized carbons (Fsp3) is 0.200. The molecule has 0 amide bonds. The van der Waals surface area contributed by atoms with Crippen LogP contribution in [0.2, 0.25) is 0 Å². The molecule has 1 nitrogen and oxygen atoms in total. The highest BCUT2D eigenvalue weighted by Crippen LogP contribution is 2.34. The molecule has 0 heterocycles. The lowest BCUT2D eigenvalue weighted by Crippen LogP contribution is -2.07. The van der Waals surface area contributed by atoms with Gasteiger partial charge < -0.3 is 5.73 Å². The van der Waals surface area contributed by atoms with Crippen LogP contribution in [0.4, 0.5) is 13.2 Å². The zero-order valence-electron chi connectivity index (χ0n) is 10.4. The molecule has 19 heavy (non-hydrogen) atoms. The lowest BCUT2D eigenvalue weighted by Gasteiger charge is -2.14. The summed E-state index contributed by atoms with van der Waals surface area (Å²) in [4.78, 5) is 0. The molecule has 0 aromatic heterocycles. The summed E-state index contributed by atoms with van der Waals surface area (Å²) in [5, 5.41) is 0. The van der Waals surface area contributed by atoms with Gasteiger partial charge in [0.05, 0.1) is 5.56 Å². The van der Waals surface area contributed by atoms with Crippen molar-refractivity contribution in [1.29, 1.82) is 0 Å². The number of halogens is 3. The van der Waals surface area contributed by atoms with Crippen LogP contribution in [-0.4, -0.2) is 0 Å². The van der Waals surface area contributed by atoms with Gasteiger partial charge in [0, 0.05) is 6.04 Å². The van der Waals surface area contributed by atoms with Crippen LogP contribution in [0.1, 0.15) is 24.1 Å². The summed E-state index contributed by atoms with van der Waals surface area (Å²) in [6, 6.07) is 12.3. The molecule has 0 spiro atoms. The minimum Gasteiger partial charge on any atom is -0.324 e. The molecule has 2 aromatic carbocycles. The average Bonchev–Trinajstić information content (AvgIpc) is 2.38. The topological polar surface area (TPSA) is 26.0 Å². The van der Waals surface area contributed by atoms with Gasteiger partial charge in [0.15, 0.2) is 0 Å². The van der Waals surface area contributed by atoms with Crippen molar-refractivity contribution in [2.24, 2.45) is 5.73 Å². The van der Waals surface area contributed by atoms with Crippen LogP contribution in [0.25, 0.3) is 11.1 Å². The maximum Gasteiger partial charge on any atom is 0.416 e. The molecule has 0 fully saturated rings. The summed E-state index contributed by atoms with van der Waals surface area (Å²) in [6.07, 6.45) is -4.33. The third-order valence-electron chi connectivity index (χ3n) is 2.95. The van der Waals surface area contributed by atoms with Crippen LogP contribution in [-0.2, 0) is 6.18 Å². The zero-order valence-corrected chi connectivity index (χ0v) is 10.4. The number of hydrogen-bond acceptors (Lipinski definition) is 1. The van der Waals surface area contributed by atoms with E-state index in [4.69, 9.17) is 5.73 Å². The third kappa shape index (κ3) is 2.96. The maximum absolute atomic E-state index is 12.7. The molecular weight excluding hydrogens is 251 g/mol. The van der Waals surface area contributed by atoms with Crippen molar-refractivity contribution >= 4 is 0 Å². The molecular formula is C15H14F3N. The first-order valence-corrected chi connectivity index (χ1v) is 5.92. The van der Waals surface area contributed by atoms with Crippen LogP contribution in [0.15, 0.2) is 48.5 Å². The summed E-state index contributed by atoms with van der Waals surface area (Å²) in [5.74, 6) is 0. The molecule has 0 saturated carbocycles. The number of nitrogens with two attached hydrogens (primary N) is 1. The fourth-order valence-electron chi connectivity index (χ4n) is 2.02. The molecule has 1 atom stereocenters. The summed E-state index contributed by atoms with van der Waals surface area (Å²) in [5.41, 5.74) is 7.31. The number of hydrogen-bond donors (Lipinski definition) is 1. The molecule has 0 aliphatic rings. The second-order valence-electron chi connectivity index (χ2n) is 4.45. The number of rotatable bonds is 2. The van der Waals surface area contributed by atoms with E-state index in [2.05, 4.69) is 0 Å². The minimum absolute atomic E-state index is 0.231. The van der Waals surface area contributed by atoms with Gasteiger partial charge >= 0.3 is 6.18 Å². The Balaban J connectivity index is 2.54. The second kappa shape index (κ2) is 5.05. The summed E-state index contributed by atoms with van der Waals surface area (Å²) in [6.45, 7) is 1.81. The van der Waals surface area contributed by atoms with Crippen molar-refractivity contribution in [2.45, 2.75) is 19.1 Å². The van der Waals surface area contributed by atoms with Crippen molar-refractivity contribution in [3.05, 3.63) is 59.7 Å². The summed E-state index contributed by atoms with van der Waals surface area (Å²) >= 11 is 0. The number of benzene rings is 2. The fourth-order valence-corrected chi connectivity index (χ4v) is 2.02. The van der Waals surface area contributed by atoms with E-state index in [9.17, 15) is 13.2 Å². The molecule has 100 valence electrons. The summed E-state index contributed by atoms with van der Waals surface area (Å²) in [7, 11) is 0. The lowest BCUT2D eigenvalue weighted by molar-refractivity contribution is -0.137. The van der Waals surface area contributed by atoms with Crippen LogP contribution in [0.5, 0.6) is 0 Å². The molecule has 0 bridgehead atoms. The maximum atomic E-state index is 12.7. The van der Waals surface area contributed by atoms with Gasteiger partial charge in [-0.15, -0.1) is 0 Å². The Morgan fingerprint density at radius 1 is 1.00 bits per heavy atom. The highest BCUT2D eigenvalue weighted by Gasteiger charge is 2.30. The van der Waals surface area contributed by atoms with Gasteiger partial charge in [0.2, 0.25) is 0 Å². The smallest absolute Gasteiger partial charge is 0.324 e. The molecule has 0 saturated heterocycles. The predicted molar refractivity (Wildman–Crippen MR) is 69.5 cm³/mol. The van der Waals surface area contributed by atoms with E-state index in [-0.39, 0.29) is 6.04 Å². The Morgan fingerprint density at radius 2 is 1.68 bits per heavy atom. The van der Waals surface area contributed by atoms with Crippen molar-refractivity contribution in [3.63, 3.8) is 0 Å². The minimum atomic E-state index is -4.33. The molecule has 1 unspecified atom stereocenters. The van der Waals surface area contributed by atoms with Gasteiger partial charge in [-0.05, 0) is 35.7 Å². The predicted octanol–water partition coefficient (Wildman–Crippen LogP) is 4.39. The Labute approximate surface area is 109 Å². The molecule has 0 aliphatic carbocycles. The number of alkyl halides is 3. The highest BCUT2D eigenvalue weighted by atomic mass is 19.4. The van der Waals surface area contributed by atoms with Crippen molar-refractivity contribution in [2.75, 3.05) is 0 Å². The molecule has 2 aromatic rings. The Kier molecular flexibility index (Phi) is 3.62. The van der Waals surface area contributed by atoms with Crippen LogP contribution >= 0.6 is 0 Å². The van der Waals surface area contributed by atoms with E-state index in [1.807, 2.05) is 19.1 Å². The van der Waals surface area contributed by atoms with Crippen LogP contribution < -0.4 is 5.73 Å². The van der Waals surface area contributed by atoms with Crippen molar-refractivity contribution in [3.8, 4) is 11.1 Å². The zero-order chi connectivity index (χ0) is 14.0. The van der Waals surface area contributed by atoms with E-state index in [1.165, 1.54) is 6.07 Å². The van der Waals surface area contributed by atoms with Gasteiger partial charge in [-0.3, -0.25) is 0 Å². The van der Waals surface area contributed by atoms with Crippen LogP contribution in [0, 0.1) is 0 Å². The van der Waals surface area contributed by atoms with E-state index in [1.54, 1.807) is 18.2 Å². The van der Waals surface area contributed by atoms with E-state index in [0.717, 1.165) is 23.3 Å². The first-order chi connectivity index (χ1) is 8.89. The Bertz CT molecular complexity index is 574. The third-order valence-corrected chi connectivity index (χ3v) is 2.95. The van der Waals surface area contributed by atoms with Crippen molar-refractivity contribution < 1.29 is 13.2 Å². The van der Waals surface area contributed by atoms with Crippen LogP contribution in [0.3, 0.4) is 0 Å². The van der Waals surface area contributed by atoms with E-state index in [0.29, 0.717) is 5.56 Å². The quantitative estimate of drug-likeness (QED) is 0.856. The highest BCUT2D eigenvalue weighted by molar-refractivity contribution is 5.68.